The number of nitrogens with one attached hydrogen (secondary N) is 3. The van der Waals surface area contributed by atoms with E-state index < -0.39 is 53.4 Å². The molecule has 2 aromatic rings. The van der Waals surface area contributed by atoms with Crippen LogP contribution in [-0.4, -0.2) is 54.0 Å². The van der Waals surface area contributed by atoms with E-state index in [9.17, 15) is 28.8 Å². The predicted molar refractivity (Wildman–Crippen MR) is 162 cm³/mol. The van der Waals surface area contributed by atoms with E-state index in [4.69, 9.17) is 17.0 Å². The summed E-state index contributed by atoms with van der Waals surface area (Å²) >= 11 is 0. The van der Waals surface area contributed by atoms with Gasteiger partial charge in [-0.1, -0.05) is 74.0 Å². The van der Waals surface area contributed by atoms with Gasteiger partial charge in [0.1, 0.15) is 12.6 Å². The first kappa shape index (κ1) is 35.1. The number of carbonyl (C=O) groups is 6. The smallest absolute Gasteiger partial charge is 0.306 e. The minimum atomic E-state index is -1.18. The molecule has 0 aliphatic rings. The Morgan fingerprint density at radius 3 is 2.25 bits per heavy atom. The minimum absolute atomic E-state index is 0.0725. The molecule has 0 heterocycles. The summed E-state index contributed by atoms with van der Waals surface area (Å²) in [4.78, 5) is 78.0. The summed E-state index contributed by atoms with van der Waals surface area (Å²) in [7, 11) is 0. The van der Waals surface area contributed by atoms with Crippen LogP contribution in [-0.2, 0) is 46.5 Å². The standard InChI is InChI=1S/C32H39N5O7/c1-20(2)15-24(18-28(39)44-19-22-9-6-5-7-10-22)31(42)36-21(3)29(40)32(43)35-14-13-27(38)37-26(30(33)41)17-23-11-8-12-25(16-23)34-4/h5-12,16,20-21,24,26H,13-15,17-19H2,1-3H3,(H2,33,41)(H,35,43)(H,36,42)(H,37,38)/t21?,24-,26+/m1/s1. The van der Waals surface area contributed by atoms with Crippen molar-refractivity contribution in [1.29, 1.82) is 0 Å². The predicted octanol–water partition coefficient (Wildman–Crippen LogP) is 2.13. The van der Waals surface area contributed by atoms with Crippen LogP contribution in [0.25, 0.3) is 4.85 Å². The van der Waals surface area contributed by atoms with Crippen LogP contribution in [0.15, 0.2) is 54.6 Å². The number of ketones is 1. The second-order valence-corrected chi connectivity index (χ2v) is 10.8. The molecule has 2 rings (SSSR count). The molecule has 12 nitrogen and oxygen atoms in total. The topological polar surface area (TPSA) is 178 Å². The van der Waals surface area contributed by atoms with E-state index in [1.54, 1.807) is 24.3 Å². The zero-order chi connectivity index (χ0) is 32.6. The molecule has 0 aliphatic heterocycles. The van der Waals surface area contributed by atoms with Crippen LogP contribution in [0.5, 0.6) is 0 Å². The molecule has 0 aromatic heterocycles. The van der Waals surface area contributed by atoms with Gasteiger partial charge in [0.2, 0.25) is 23.5 Å². The third-order valence-electron chi connectivity index (χ3n) is 6.55. The van der Waals surface area contributed by atoms with Crippen molar-refractivity contribution in [2.75, 3.05) is 6.54 Å². The van der Waals surface area contributed by atoms with Crippen LogP contribution in [0.1, 0.15) is 51.2 Å². The summed E-state index contributed by atoms with van der Waals surface area (Å²) in [5, 5.41) is 7.34. The van der Waals surface area contributed by atoms with Gasteiger partial charge >= 0.3 is 5.97 Å². The number of primary amides is 1. The largest absolute Gasteiger partial charge is 0.461 e. The van der Waals surface area contributed by atoms with Crippen LogP contribution in [0.4, 0.5) is 5.69 Å². The zero-order valence-corrected chi connectivity index (χ0v) is 25.1. The molecular weight excluding hydrogens is 566 g/mol. The second-order valence-electron chi connectivity index (χ2n) is 10.8. The van der Waals surface area contributed by atoms with Crippen molar-refractivity contribution < 1.29 is 33.5 Å². The van der Waals surface area contributed by atoms with Gasteiger partial charge in [-0.15, -0.1) is 0 Å². The van der Waals surface area contributed by atoms with Crippen molar-refractivity contribution in [3.63, 3.8) is 0 Å². The van der Waals surface area contributed by atoms with E-state index in [1.165, 1.54) is 6.92 Å². The lowest BCUT2D eigenvalue weighted by molar-refractivity contribution is -0.148. The number of ether oxygens (including phenoxy) is 1. The normalized spacial score (nSPS) is 12.6. The Labute approximate surface area is 256 Å². The van der Waals surface area contributed by atoms with E-state index in [-0.39, 0.29) is 38.3 Å². The molecule has 0 aliphatic carbocycles. The van der Waals surface area contributed by atoms with Gasteiger partial charge in [0, 0.05) is 25.3 Å². The number of Topliss-reactive ketones (excluding diaryl/α,β-unsaturated/α-hetero) is 1. The molecule has 44 heavy (non-hydrogen) atoms. The summed E-state index contributed by atoms with van der Waals surface area (Å²) < 4.78 is 5.30. The number of nitrogens with zero attached hydrogens (tertiary/aromatic N) is 1. The Hall–Kier alpha value is -5.05. The summed E-state index contributed by atoms with van der Waals surface area (Å²) in [5.41, 5.74) is 7.24. The van der Waals surface area contributed by atoms with Gasteiger partial charge in [-0.25, -0.2) is 4.85 Å². The first-order valence-electron chi connectivity index (χ1n) is 14.3. The monoisotopic (exact) mass is 605 g/mol. The third-order valence-corrected chi connectivity index (χ3v) is 6.55. The molecule has 0 saturated carbocycles. The van der Waals surface area contributed by atoms with Crippen molar-refractivity contribution in [3.05, 3.63) is 77.1 Å². The first-order valence-corrected chi connectivity index (χ1v) is 14.3. The van der Waals surface area contributed by atoms with E-state index in [1.807, 2.05) is 44.2 Å². The van der Waals surface area contributed by atoms with Gasteiger partial charge in [0.15, 0.2) is 5.69 Å². The van der Waals surface area contributed by atoms with Crippen molar-refractivity contribution in [3.8, 4) is 0 Å². The lowest BCUT2D eigenvalue weighted by Crippen LogP contribution is -2.49. The highest BCUT2D eigenvalue weighted by Crippen LogP contribution is 2.18. The first-order chi connectivity index (χ1) is 20.9. The quantitative estimate of drug-likeness (QED) is 0.121. The average Bonchev–Trinajstić information content (AvgIpc) is 2.99. The van der Waals surface area contributed by atoms with Crippen LogP contribution >= 0.6 is 0 Å². The molecular formula is C32H39N5O7. The maximum atomic E-state index is 12.9. The Balaban J connectivity index is 1.83. The van der Waals surface area contributed by atoms with Crippen LogP contribution < -0.4 is 21.7 Å². The maximum absolute atomic E-state index is 12.9. The zero-order valence-electron chi connectivity index (χ0n) is 25.1. The number of carbonyl (C=O) groups excluding carboxylic acids is 6. The Kier molecular flexibility index (Phi) is 14.2. The molecule has 4 amide bonds. The van der Waals surface area contributed by atoms with Gasteiger partial charge in [0.25, 0.3) is 5.91 Å². The number of nitrogens with two attached hydrogens (primary N) is 1. The number of esters is 1. The van der Waals surface area contributed by atoms with Gasteiger partial charge in [-0.3, -0.25) is 28.8 Å². The van der Waals surface area contributed by atoms with E-state index >= 15 is 0 Å². The number of benzene rings is 2. The van der Waals surface area contributed by atoms with Crippen molar-refractivity contribution in [2.24, 2.45) is 17.6 Å². The lowest BCUT2D eigenvalue weighted by Gasteiger charge is -2.20. The van der Waals surface area contributed by atoms with Gasteiger partial charge < -0.3 is 26.4 Å². The summed E-state index contributed by atoms with van der Waals surface area (Å²) in [5.74, 6) is -5.08. The summed E-state index contributed by atoms with van der Waals surface area (Å²) in [6.45, 7) is 12.1. The van der Waals surface area contributed by atoms with Crippen LogP contribution in [0, 0.1) is 18.4 Å². The van der Waals surface area contributed by atoms with E-state index in [0.29, 0.717) is 17.7 Å². The van der Waals surface area contributed by atoms with Crippen LogP contribution in [0.2, 0.25) is 0 Å². The maximum Gasteiger partial charge on any atom is 0.306 e. The summed E-state index contributed by atoms with van der Waals surface area (Å²) in [6.07, 6.45) is 0.0182. The molecule has 0 fully saturated rings. The van der Waals surface area contributed by atoms with E-state index in [2.05, 4.69) is 20.8 Å². The number of hydrogen-bond acceptors (Lipinski definition) is 7. The molecule has 0 bridgehead atoms. The van der Waals surface area contributed by atoms with Gasteiger partial charge in [0.05, 0.1) is 19.0 Å². The molecule has 3 atom stereocenters. The fourth-order valence-corrected chi connectivity index (χ4v) is 4.30. The fourth-order valence-electron chi connectivity index (χ4n) is 4.30. The summed E-state index contributed by atoms with van der Waals surface area (Å²) in [6, 6.07) is 13.4. The number of amides is 4. The third kappa shape index (κ3) is 12.4. The molecule has 2 aromatic carbocycles. The highest BCUT2D eigenvalue weighted by molar-refractivity contribution is 6.38. The lowest BCUT2D eigenvalue weighted by atomic mass is 9.93. The highest BCUT2D eigenvalue weighted by Gasteiger charge is 2.29. The fraction of sp³-hybridized carbons (Fsp3) is 0.406. The van der Waals surface area contributed by atoms with E-state index in [0.717, 1.165) is 5.56 Å². The average molecular weight is 606 g/mol. The van der Waals surface area contributed by atoms with Crippen molar-refractivity contribution in [1.82, 2.24) is 16.0 Å². The van der Waals surface area contributed by atoms with Gasteiger partial charge in [-0.2, -0.15) is 0 Å². The Morgan fingerprint density at radius 2 is 1.61 bits per heavy atom. The van der Waals surface area contributed by atoms with Crippen LogP contribution in [0.3, 0.4) is 0 Å². The number of rotatable bonds is 17. The SMILES string of the molecule is [C-]#[N+]c1cccc(C[C@H](NC(=O)CCNC(=O)C(=O)C(C)NC(=O)[C@@H](CC(=O)OCc2ccccc2)CC(C)C)C(N)=O)c1. The molecule has 0 saturated heterocycles. The molecule has 0 spiro atoms. The van der Waals surface area contributed by atoms with Gasteiger partial charge in [-0.05, 0) is 24.8 Å². The minimum Gasteiger partial charge on any atom is -0.461 e. The Bertz CT molecular complexity index is 1370. The van der Waals surface area contributed by atoms with Crippen molar-refractivity contribution >= 4 is 41.1 Å². The highest BCUT2D eigenvalue weighted by atomic mass is 16.5. The number of hydrogen-bond donors (Lipinski definition) is 4. The second kappa shape index (κ2) is 17.8. The molecule has 0 radical (unpaired) electrons. The molecule has 234 valence electrons. The molecule has 1 unspecified atom stereocenters. The molecule has 12 heteroatoms. The molecule has 5 N–H and O–H groups in total. The Morgan fingerprint density at radius 1 is 0.932 bits per heavy atom. The van der Waals surface area contributed by atoms with Crippen molar-refractivity contribution in [2.45, 2.75) is 65.1 Å².